The second-order valence-corrected chi connectivity index (χ2v) is 6.91. The van der Waals surface area contributed by atoms with Crippen molar-refractivity contribution in [1.82, 2.24) is 0 Å². The molecule has 132 valence electrons. The van der Waals surface area contributed by atoms with Gasteiger partial charge in [-0.15, -0.1) is 11.8 Å². The molecule has 0 aliphatic carbocycles. The fourth-order valence-corrected chi connectivity index (χ4v) is 3.24. The second-order valence-electron chi connectivity index (χ2n) is 5.86. The average Bonchev–Trinajstić information content (AvgIpc) is 2.69. The third-order valence-corrected chi connectivity index (χ3v) is 4.88. The van der Waals surface area contributed by atoms with Gasteiger partial charge in [0.1, 0.15) is 5.75 Å². The summed E-state index contributed by atoms with van der Waals surface area (Å²) in [6.07, 6.45) is -0.564. The van der Waals surface area contributed by atoms with Crippen LogP contribution in [0.1, 0.15) is 12.5 Å². The standard InChI is InChI=1S/C22H21NO2S/c1-17(25-20-8-4-2-5-9-20)22(24)23-19-14-12-18(13-15-19)16-26-21-10-6-3-7-11-21/h2-15,17H,16H2,1H3,(H,23,24). The minimum absolute atomic E-state index is 0.166. The van der Waals surface area contributed by atoms with Crippen molar-refractivity contribution in [3.8, 4) is 5.75 Å². The number of ether oxygens (including phenoxy) is 1. The highest BCUT2D eigenvalue weighted by molar-refractivity contribution is 7.98. The number of para-hydroxylation sites is 1. The van der Waals surface area contributed by atoms with Gasteiger partial charge in [-0.25, -0.2) is 0 Å². The average molecular weight is 363 g/mol. The maximum Gasteiger partial charge on any atom is 0.265 e. The van der Waals surface area contributed by atoms with Gasteiger partial charge in [0, 0.05) is 16.3 Å². The van der Waals surface area contributed by atoms with Gasteiger partial charge in [-0.05, 0) is 48.9 Å². The molecule has 0 aliphatic rings. The topological polar surface area (TPSA) is 38.3 Å². The molecule has 0 saturated carbocycles. The van der Waals surface area contributed by atoms with Gasteiger partial charge in [0.05, 0.1) is 0 Å². The number of carbonyl (C=O) groups excluding carboxylic acids is 1. The van der Waals surface area contributed by atoms with Crippen LogP contribution in [0.5, 0.6) is 5.75 Å². The number of hydrogen-bond donors (Lipinski definition) is 1. The van der Waals surface area contributed by atoms with Gasteiger partial charge in [0.25, 0.3) is 5.91 Å². The van der Waals surface area contributed by atoms with Crippen LogP contribution in [0.3, 0.4) is 0 Å². The fraction of sp³-hybridized carbons (Fsp3) is 0.136. The molecule has 3 aromatic rings. The first kappa shape index (κ1) is 18.1. The molecule has 3 rings (SSSR count). The molecule has 3 aromatic carbocycles. The Balaban J connectivity index is 1.51. The Morgan fingerprint density at radius 2 is 1.54 bits per heavy atom. The molecule has 4 heteroatoms. The van der Waals surface area contributed by atoms with Crippen molar-refractivity contribution in [2.75, 3.05) is 5.32 Å². The summed E-state index contributed by atoms with van der Waals surface area (Å²) >= 11 is 1.79. The zero-order valence-corrected chi connectivity index (χ0v) is 15.4. The molecule has 1 unspecified atom stereocenters. The molecule has 0 fully saturated rings. The predicted octanol–water partition coefficient (Wildman–Crippen LogP) is 5.38. The molecule has 1 N–H and O–H groups in total. The molecule has 0 spiro atoms. The van der Waals surface area contributed by atoms with E-state index in [0.29, 0.717) is 5.75 Å². The van der Waals surface area contributed by atoms with Crippen molar-refractivity contribution < 1.29 is 9.53 Å². The van der Waals surface area contributed by atoms with Gasteiger partial charge in [0.15, 0.2) is 6.10 Å². The molecule has 26 heavy (non-hydrogen) atoms. The van der Waals surface area contributed by atoms with E-state index >= 15 is 0 Å². The third kappa shape index (κ3) is 5.39. The maximum atomic E-state index is 12.3. The van der Waals surface area contributed by atoms with E-state index in [1.807, 2.05) is 72.8 Å². The lowest BCUT2D eigenvalue weighted by Gasteiger charge is -2.15. The summed E-state index contributed by atoms with van der Waals surface area (Å²) in [6.45, 7) is 1.74. The Morgan fingerprint density at radius 3 is 2.19 bits per heavy atom. The van der Waals surface area contributed by atoms with Gasteiger partial charge in [-0.3, -0.25) is 4.79 Å². The Bertz CT molecular complexity index is 820. The Hall–Kier alpha value is -2.72. The zero-order valence-electron chi connectivity index (χ0n) is 14.6. The number of thioether (sulfide) groups is 1. The number of rotatable bonds is 7. The number of benzene rings is 3. The summed E-state index contributed by atoms with van der Waals surface area (Å²) in [6, 6.07) is 27.6. The number of amides is 1. The van der Waals surface area contributed by atoms with Crippen LogP contribution in [0.15, 0.2) is 89.8 Å². The second kappa shape index (κ2) is 9.11. The lowest BCUT2D eigenvalue weighted by Crippen LogP contribution is -2.30. The predicted molar refractivity (Wildman–Crippen MR) is 108 cm³/mol. The highest BCUT2D eigenvalue weighted by Crippen LogP contribution is 2.23. The van der Waals surface area contributed by atoms with Crippen molar-refractivity contribution in [3.05, 3.63) is 90.5 Å². The molecule has 0 bridgehead atoms. The van der Waals surface area contributed by atoms with Gasteiger partial charge < -0.3 is 10.1 Å². The first-order chi connectivity index (χ1) is 12.7. The van der Waals surface area contributed by atoms with E-state index in [1.54, 1.807) is 18.7 Å². The van der Waals surface area contributed by atoms with E-state index in [9.17, 15) is 4.79 Å². The van der Waals surface area contributed by atoms with Crippen LogP contribution >= 0.6 is 11.8 Å². The molecule has 0 aliphatic heterocycles. The van der Waals surface area contributed by atoms with Gasteiger partial charge in [0.2, 0.25) is 0 Å². The molecule has 3 nitrogen and oxygen atoms in total. The van der Waals surface area contributed by atoms with Gasteiger partial charge in [-0.2, -0.15) is 0 Å². The van der Waals surface area contributed by atoms with E-state index in [4.69, 9.17) is 4.74 Å². The van der Waals surface area contributed by atoms with Crippen molar-refractivity contribution in [1.29, 1.82) is 0 Å². The number of carbonyl (C=O) groups is 1. The SMILES string of the molecule is CC(Oc1ccccc1)C(=O)Nc1ccc(CSc2ccccc2)cc1. The lowest BCUT2D eigenvalue weighted by molar-refractivity contribution is -0.122. The summed E-state index contributed by atoms with van der Waals surface area (Å²) in [5, 5.41) is 2.89. The summed E-state index contributed by atoms with van der Waals surface area (Å²) in [5.74, 6) is 1.41. The first-order valence-corrected chi connectivity index (χ1v) is 9.48. The van der Waals surface area contributed by atoms with E-state index in [1.165, 1.54) is 10.5 Å². The van der Waals surface area contributed by atoms with E-state index in [0.717, 1.165) is 11.4 Å². The van der Waals surface area contributed by atoms with Crippen LogP contribution in [0.4, 0.5) is 5.69 Å². The number of anilines is 1. The van der Waals surface area contributed by atoms with E-state index in [2.05, 4.69) is 17.4 Å². The van der Waals surface area contributed by atoms with Crippen molar-refractivity contribution in [2.45, 2.75) is 23.7 Å². The monoisotopic (exact) mass is 363 g/mol. The molecule has 0 radical (unpaired) electrons. The quantitative estimate of drug-likeness (QED) is 0.572. The van der Waals surface area contributed by atoms with Crippen LogP contribution in [0.25, 0.3) is 0 Å². The molecule has 0 heterocycles. The lowest BCUT2D eigenvalue weighted by atomic mass is 10.2. The number of nitrogens with one attached hydrogen (secondary N) is 1. The zero-order chi connectivity index (χ0) is 18.2. The Kier molecular flexibility index (Phi) is 6.34. The minimum Gasteiger partial charge on any atom is -0.481 e. The summed E-state index contributed by atoms with van der Waals surface area (Å²) < 4.78 is 5.64. The molecule has 0 aromatic heterocycles. The summed E-state index contributed by atoms with van der Waals surface area (Å²) in [7, 11) is 0. The minimum atomic E-state index is -0.564. The molecular formula is C22H21NO2S. The molecule has 0 saturated heterocycles. The molecule has 1 amide bonds. The highest BCUT2D eigenvalue weighted by Gasteiger charge is 2.14. The molecular weight excluding hydrogens is 342 g/mol. The fourth-order valence-electron chi connectivity index (χ4n) is 2.37. The van der Waals surface area contributed by atoms with E-state index in [-0.39, 0.29) is 5.91 Å². The van der Waals surface area contributed by atoms with Crippen molar-refractivity contribution in [2.24, 2.45) is 0 Å². The van der Waals surface area contributed by atoms with E-state index < -0.39 is 6.10 Å². The van der Waals surface area contributed by atoms with Crippen LogP contribution in [-0.2, 0) is 10.5 Å². The number of hydrogen-bond acceptors (Lipinski definition) is 3. The van der Waals surface area contributed by atoms with Crippen LogP contribution in [-0.4, -0.2) is 12.0 Å². The van der Waals surface area contributed by atoms with Crippen LogP contribution in [0.2, 0.25) is 0 Å². The maximum absolute atomic E-state index is 12.3. The van der Waals surface area contributed by atoms with Gasteiger partial charge in [-0.1, -0.05) is 48.5 Å². The summed E-state index contributed by atoms with van der Waals surface area (Å²) in [4.78, 5) is 13.5. The third-order valence-electron chi connectivity index (χ3n) is 3.80. The normalized spacial score (nSPS) is 11.6. The Labute approximate surface area is 158 Å². The summed E-state index contributed by atoms with van der Waals surface area (Å²) in [5.41, 5.74) is 1.98. The highest BCUT2D eigenvalue weighted by atomic mass is 32.2. The van der Waals surface area contributed by atoms with Crippen LogP contribution < -0.4 is 10.1 Å². The smallest absolute Gasteiger partial charge is 0.265 e. The molecule has 1 atom stereocenters. The first-order valence-electron chi connectivity index (χ1n) is 8.50. The largest absolute Gasteiger partial charge is 0.481 e. The van der Waals surface area contributed by atoms with Crippen molar-refractivity contribution in [3.63, 3.8) is 0 Å². The Morgan fingerprint density at radius 1 is 0.923 bits per heavy atom. The van der Waals surface area contributed by atoms with Crippen molar-refractivity contribution >= 4 is 23.4 Å². The van der Waals surface area contributed by atoms with Crippen LogP contribution in [0, 0.1) is 0 Å². The van der Waals surface area contributed by atoms with Gasteiger partial charge >= 0.3 is 0 Å².